The molecule has 2 aromatic heterocycles. The molecule has 0 unspecified atom stereocenters. The number of thiophene rings is 1. The van der Waals surface area contributed by atoms with Crippen LogP contribution in [0.1, 0.15) is 41.8 Å². The Balaban J connectivity index is 1.13. The average molecular weight is 399 g/mol. The van der Waals surface area contributed by atoms with Crippen molar-refractivity contribution in [1.29, 1.82) is 0 Å². The van der Waals surface area contributed by atoms with E-state index in [9.17, 15) is 4.79 Å². The molecule has 2 aliphatic rings. The predicted octanol–water partition coefficient (Wildman–Crippen LogP) is 3.64. The minimum Gasteiger partial charge on any atom is -0.354 e. The maximum Gasteiger partial charge on any atom is 0.261 e. The van der Waals surface area contributed by atoms with Gasteiger partial charge in [-0.15, -0.1) is 11.3 Å². The molecule has 1 aliphatic heterocycles. The van der Waals surface area contributed by atoms with Gasteiger partial charge in [0.05, 0.1) is 4.88 Å². The van der Waals surface area contributed by atoms with Gasteiger partial charge in [0.25, 0.3) is 5.91 Å². The smallest absolute Gasteiger partial charge is 0.261 e. The van der Waals surface area contributed by atoms with Gasteiger partial charge in [-0.25, -0.2) is 4.98 Å². The van der Waals surface area contributed by atoms with Crippen LogP contribution in [0.5, 0.6) is 0 Å². The summed E-state index contributed by atoms with van der Waals surface area (Å²) < 4.78 is 0. The van der Waals surface area contributed by atoms with Crippen molar-refractivity contribution in [1.82, 2.24) is 15.2 Å². The van der Waals surface area contributed by atoms with Crippen molar-refractivity contribution in [3.63, 3.8) is 0 Å². The van der Waals surface area contributed by atoms with Gasteiger partial charge in [0.1, 0.15) is 5.82 Å². The summed E-state index contributed by atoms with van der Waals surface area (Å²) in [5, 5.41) is 5.18. The van der Waals surface area contributed by atoms with E-state index in [1.165, 1.54) is 37.1 Å². The van der Waals surface area contributed by atoms with Crippen LogP contribution in [0.2, 0.25) is 0 Å². The summed E-state index contributed by atoms with van der Waals surface area (Å²) in [6.45, 7) is 5.59. The maximum atomic E-state index is 12.2. The zero-order valence-corrected chi connectivity index (χ0v) is 17.2. The van der Waals surface area contributed by atoms with Gasteiger partial charge in [-0.3, -0.25) is 9.69 Å². The number of carbonyl (C=O) groups excluding carboxylic acids is 1. The molecule has 1 saturated heterocycles. The first-order valence-electron chi connectivity index (χ1n) is 10.5. The molecule has 4 rings (SSSR count). The number of pyridine rings is 1. The molecule has 0 spiro atoms. The van der Waals surface area contributed by atoms with Crippen molar-refractivity contribution in [2.45, 2.75) is 38.1 Å². The molecule has 6 heteroatoms. The van der Waals surface area contributed by atoms with Gasteiger partial charge in [0.15, 0.2) is 0 Å². The van der Waals surface area contributed by atoms with E-state index in [1.807, 2.05) is 29.8 Å². The second-order valence-electron chi connectivity index (χ2n) is 7.97. The summed E-state index contributed by atoms with van der Waals surface area (Å²) in [4.78, 5) is 22.5. The van der Waals surface area contributed by atoms with E-state index in [-0.39, 0.29) is 5.91 Å². The minimum absolute atomic E-state index is 0.101. The SMILES string of the molecule is O=C(N[C@H]1CC[C@@H](CCN2CCN(c3ccccn3)CC2)CC1)c1cccs1. The standard InChI is InChI=1S/C22H30N4OS/c27-22(20-4-3-17-28-20)24-19-8-6-18(7-9-19)10-12-25-13-15-26(16-14-25)21-5-1-2-11-23-21/h1-5,11,17-19H,6-10,12-16H2,(H,24,27)/t18-,19+. The highest BCUT2D eigenvalue weighted by Gasteiger charge is 2.24. The Hall–Kier alpha value is -1.92. The van der Waals surface area contributed by atoms with Gasteiger partial charge in [-0.1, -0.05) is 12.1 Å². The first-order valence-corrected chi connectivity index (χ1v) is 11.4. The number of hydrogen-bond donors (Lipinski definition) is 1. The Morgan fingerprint density at radius 2 is 1.89 bits per heavy atom. The summed E-state index contributed by atoms with van der Waals surface area (Å²) in [7, 11) is 0. The van der Waals surface area contributed by atoms with E-state index in [0.717, 1.165) is 55.6 Å². The number of nitrogens with one attached hydrogen (secondary N) is 1. The van der Waals surface area contributed by atoms with Gasteiger partial charge in [-0.05, 0) is 68.1 Å². The number of nitrogens with zero attached hydrogens (tertiary/aromatic N) is 3. The van der Waals surface area contributed by atoms with Crippen LogP contribution in [-0.2, 0) is 0 Å². The summed E-state index contributed by atoms with van der Waals surface area (Å²) in [6, 6.07) is 10.3. The van der Waals surface area contributed by atoms with Crippen molar-refractivity contribution in [2.75, 3.05) is 37.6 Å². The fourth-order valence-corrected chi connectivity index (χ4v) is 4.99. The first kappa shape index (κ1) is 19.4. The Labute approximate surface area is 171 Å². The number of rotatable bonds is 6. The predicted molar refractivity (Wildman–Crippen MR) is 115 cm³/mol. The summed E-state index contributed by atoms with van der Waals surface area (Å²) in [6.07, 6.45) is 7.88. The van der Waals surface area contributed by atoms with Crippen molar-refractivity contribution in [3.05, 3.63) is 46.8 Å². The normalized spacial score (nSPS) is 23.5. The zero-order chi connectivity index (χ0) is 19.2. The van der Waals surface area contributed by atoms with E-state index < -0.39 is 0 Å². The van der Waals surface area contributed by atoms with Gasteiger partial charge >= 0.3 is 0 Å². The van der Waals surface area contributed by atoms with E-state index in [1.54, 1.807) is 0 Å². The third kappa shape index (κ3) is 5.11. The number of amides is 1. The Bertz CT molecular complexity index is 720. The second-order valence-corrected chi connectivity index (χ2v) is 8.92. The van der Waals surface area contributed by atoms with Gasteiger partial charge in [0.2, 0.25) is 0 Å². The van der Waals surface area contributed by atoms with Gasteiger partial charge in [0, 0.05) is 38.4 Å². The lowest BCUT2D eigenvalue weighted by molar-refractivity contribution is 0.0924. The van der Waals surface area contributed by atoms with Crippen LogP contribution < -0.4 is 10.2 Å². The lowest BCUT2D eigenvalue weighted by Gasteiger charge is -2.36. The molecule has 0 bridgehead atoms. The molecule has 1 aliphatic carbocycles. The monoisotopic (exact) mass is 398 g/mol. The quantitative estimate of drug-likeness (QED) is 0.807. The summed E-state index contributed by atoms with van der Waals surface area (Å²) >= 11 is 1.52. The molecule has 1 N–H and O–H groups in total. The molecule has 2 fully saturated rings. The number of anilines is 1. The fraction of sp³-hybridized carbons (Fsp3) is 0.545. The number of carbonyl (C=O) groups is 1. The molecule has 1 amide bonds. The van der Waals surface area contributed by atoms with E-state index in [2.05, 4.69) is 32.2 Å². The second kappa shape index (κ2) is 9.52. The Kier molecular flexibility index (Phi) is 6.60. The lowest BCUT2D eigenvalue weighted by Crippen LogP contribution is -2.47. The number of piperazine rings is 1. The highest BCUT2D eigenvalue weighted by Crippen LogP contribution is 2.27. The van der Waals surface area contributed by atoms with Gasteiger partial charge in [-0.2, -0.15) is 0 Å². The van der Waals surface area contributed by atoms with E-state index >= 15 is 0 Å². The fourth-order valence-electron chi connectivity index (χ4n) is 4.37. The zero-order valence-electron chi connectivity index (χ0n) is 16.4. The number of aromatic nitrogens is 1. The molecule has 2 aromatic rings. The largest absolute Gasteiger partial charge is 0.354 e. The highest BCUT2D eigenvalue weighted by molar-refractivity contribution is 7.12. The summed E-state index contributed by atoms with van der Waals surface area (Å²) in [5.74, 6) is 2.01. The molecule has 0 atom stereocenters. The van der Waals surface area contributed by atoms with E-state index in [0.29, 0.717) is 6.04 Å². The summed E-state index contributed by atoms with van der Waals surface area (Å²) in [5.41, 5.74) is 0. The molecule has 0 radical (unpaired) electrons. The van der Waals surface area contributed by atoms with Crippen molar-refractivity contribution >= 4 is 23.1 Å². The van der Waals surface area contributed by atoms with Crippen LogP contribution in [0.4, 0.5) is 5.82 Å². The Morgan fingerprint density at radius 1 is 1.07 bits per heavy atom. The van der Waals surface area contributed by atoms with E-state index in [4.69, 9.17) is 0 Å². The molecule has 150 valence electrons. The molecule has 3 heterocycles. The average Bonchev–Trinajstić information content (AvgIpc) is 3.29. The topological polar surface area (TPSA) is 48.5 Å². The molecule has 5 nitrogen and oxygen atoms in total. The van der Waals surface area contributed by atoms with Crippen LogP contribution in [0.15, 0.2) is 41.9 Å². The van der Waals surface area contributed by atoms with Gasteiger partial charge < -0.3 is 10.2 Å². The minimum atomic E-state index is 0.101. The third-order valence-electron chi connectivity index (χ3n) is 6.13. The van der Waals surface area contributed by atoms with Crippen LogP contribution in [0.25, 0.3) is 0 Å². The van der Waals surface area contributed by atoms with Crippen molar-refractivity contribution < 1.29 is 4.79 Å². The molecular formula is C22H30N4OS. The molecular weight excluding hydrogens is 368 g/mol. The molecule has 0 aromatic carbocycles. The number of hydrogen-bond acceptors (Lipinski definition) is 5. The van der Waals surface area contributed by atoms with Crippen LogP contribution in [0.3, 0.4) is 0 Å². The van der Waals surface area contributed by atoms with Crippen molar-refractivity contribution in [2.24, 2.45) is 5.92 Å². The third-order valence-corrected chi connectivity index (χ3v) is 6.99. The van der Waals surface area contributed by atoms with Crippen molar-refractivity contribution in [3.8, 4) is 0 Å². The van der Waals surface area contributed by atoms with Crippen LogP contribution >= 0.6 is 11.3 Å². The highest BCUT2D eigenvalue weighted by atomic mass is 32.1. The van der Waals surface area contributed by atoms with Crippen LogP contribution in [0, 0.1) is 5.92 Å². The molecule has 1 saturated carbocycles. The molecule has 28 heavy (non-hydrogen) atoms. The first-order chi connectivity index (χ1) is 13.8. The lowest BCUT2D eigenvalue weighted by atomic mass is 9.84. The van der Waals surface area contributed by atoms with Crippen LogP contribution in [-0.4, -0.2) is 54.6 Å². The maximum absolute atomic E-state index is 12.2. The Morgan fingerprint density at radius 3 is 2.57 bits per heavy atom.